The van der Waals surface area contributed by atoms with Crippen LogP contribution in [0.5, 0.6) is 11.5 Å². The Labute approximate surface area is 349 Å². The lowest BCUT2D eigenvalue weighted by molar-refractivity contribution is -0.241. The quantitative estimate of drug-likeness (QED) is 0.0334. The summed E-state index contributed by atoms with van der Waals surface area (Å²) in [4.78, 5) is 25.5. The van der Waals surface area contributed by atoms with Crippen LogP contribution < -0.4 is 9.47 Å². The van der Waals surface area contributed by atoms with Crippen LogP contribution in [0.1, 0.15) is 179 Å². The number of carbonyl (C=O) groups excluding carboxylic acids is 2. The summed E-state index contributed by atoms with van der Waals surface area (Å²) in [5.74, 6) is 0.727. The molecule has 4 unspecified atom stereocenters. The molecule has 4 atom stereocenters. The van der Waals surface area contributed by atoms with E-state index in [4.69, 9.17) is 14.2 Å². The molecule has 0 bridgehead atoms. The summed E-state index contributed by atoms with van der Waals surface area (Å²) >= 11 is 0. The van der Waals surface area contributed by atoms with Crippen LogP contribution in [-0.4, -0.2) is 65.2 Å². The van der Waals surface area contributed by atoms with Gasteiger partial charge in [0.15, 0.2) is 11.6 Å². The molecule has 3 aromatic carbocycles. The maximum atomic E-state index is 12.8. The molecule has 3 N–H and O–H groups in total. The molecule has 1 heterocycles. The number of rotatable bonds is 31. The molecule has 0 aromatic heterocycles. The van der Waals surface area contributed by atoms with Crippen LogP contribution in [0.15, 0.2) is 36.4 Å². The first kappa shape index (κ1) is 47.6. The second-order valence-corrected chi connectivity index (χ2v) is 16.9. The third-order valence-corrected chi connectivity index (χ3v) is 12.3. The van der Waals surface area contributed by atoms with Crippen molar-refractivity contribution >= 4 is 33.1 Å². The number of carbonyl (C=O) groups is 2. The van der Waals surface area contributed by atoms with Gasteiger partial charge < -0.3 is 29.5 Å². The normalized spacial score (nSPS) is 18.2. The number of ketones is 2. The van der Waals surface area contributed by atoms with Gasteiger partial charge in [-0.3, -0.25) is 9.59 Å². The molecule has 324 valence electrons. The zero-order chi connectivity index (χ0) is 41.5. The standard InChI is InChI=1S/C50H76O8/c1-4-5-6-7-8-9-10-11-12-13-14-15-16-17-18-19-20-21-22-23-24-30-43(51)44(52)31-26-25-28-39-40-34-33-38(56-3)35-42(40)37(2)47-41(39)29-27-32-46(47)58-50-49(55)48(54)45(53)36-57-50/h27,29,32-35,45,48-50,53-55H,4-26,28,30-31,36H2,1-3H3. The van der Waals surface area contributed by atoms with Gasteiger partial charge in [0.05, 0.1) is 13.7 Å². The van der Waals surface area contributed by atoms with E-state index in [0.29, 0.717) is 25.0 Å². The maximum Gasteiger partial charge on any atom is 0.228 e. The third kappa shape index (κ3) is 15.2. The molecule has 3 aromatic rings. The lowest BCUT2D eigenvalue weighted by Gasteiger charge is -2.35. The molecule has 4 rings (SSSR count). The topological polar surface area (TPSA) is 123 Å². The molecule has 8 nitrogen and oxygen atoms in total. The zero-order valence-electron chi connectivity index (χ0n) is 36.2. The number of fused-ring (bicyclic) bond motifs is 2. The van der Waals surface area contributed by atoms with Crippen LogP contribution in [0.2, 0.25) is 0 Å². The number of aliphatic hydroxyl groups excluding tert-OH is 3. The minimum Gasteiger partial charge on any atom is -0.497 e. The van der Waals surface area contributed by atoms with Crippen molar-refractivity contribution in [3.8, 4) is 11.5 Å². The molecule has 1 fully saturated rings. The van der Waals surface area contributed by atoms with Gasteiger partial charge >= 0.3 is 0 Å². The third-order valence-electron chi connectivity index (χ3n) is 12.3. The highest BCUT2D eigenvalue weighted by atomic mass is 16.7. The van der Waals surface area contributed by atoms with Gasteiger partial charge in [-0.05, 0) is 78.1 Å². The van der Waals surface area contributed by atoms with Crippen LogP contribution in [-0.2, 0) is 20.7 Å². The van der Waals surface area contributed by atoms with Crippen molar-refractivity contribution in [2.24, 2.45) is 0 Å². The summed E-state index contributed by atoms with van der Waals surface area (Å²) in [6.07, 6.45) is 25.3. The van der Waals surface area contributed by atoms with Crippen LogP contribution in [0.25, 0.3) is 21.5 Å². The molecule has 0 aliphatic carbocycles. The van der Waals surface area contributed by atoms with Gasteiger partial charge in [0.2, 0.25) is 6.29 Å². The Morgan fingerprint density at radius 2 is 1.16 bits per heavy atom. The molecule has 58 heavy (non-hydrogen) atoms. The number of ether oxygens (including phenoxy) is 3. The zero-order valence-corrected chi connectivity index (χ0v) is 36.2. The molecule has 0 radical (unpaired) electrons. The van der Waals surface area contributed by atoms with Crippen LogP contribution in [0.4, 0.5) is 0 Å². The largest absolute Gasteiger partial charge is 0.497 e. The second kappa shape index (κ2) is 26.9. The fraction of sp³-hybridized carbons (Fsp3) is 0.680. The average Bonchev–Trinajstić information content (AvgIpc) is 3.23. The molecular formula is C50H76O8. The summed E-state index contributed by atoms with van der Waals surface area (Å²) in [5, 5.41) is 34.6. The molecule has 0 saturated carbocycles. The predicted molar refractivity (Wildman–Crippen MR) is 236 cm³/mol. The summed E-state index contributed by atoms with van der Waals surface area (Å²) in [6, 6.07) is 11.7. The number of aryl methyl sites for hydroxylation is 2. The molecule has 0 amide bonds. The van der Waals surface area contributed by atoms with Crippen molar-refractivity contribution in [3.05, 3.63) is 47.5 Å². The van der Waals surface area contributed by atoms with Crippen LogP contribution >= 0.6 is 0 Å². The van der Waals surface area contributed by atoms with E-state index in [9.17, 15) is 24.9 Å². The van der Waals surface area contributed by atoms with E-state index in [1.165, 1.54) is 116 Å². The van der Waals surface area contributed by atoms with Gasteiger partial charge in [-0.1, -0.05) is 154 Å². The Morgan fingerprint density at radius 1 is 0.638 bits per heavy atom. The molecule has 1 saturated heterocycles. The molecular weight excluding hydrogens is 729 g/mol. The first-order valence-electron chi connectivity index (χ1n) is 23.2. The Morgan fingerprint density at radius 3 is 1.69 bits per heavy atom. The lowest BCUT2D eigenvalue weighted by atomic mass is 9.89. The van der Waals surface area contributed by atoms with E-state index >= 15 is 0 Å². The smallest absolute Gasteiger partial charge is 0.228 e. The van der Waals surface area contributed by atoms with Crippen molar-refractivity contribution in [2.45, 2.75) is 205 Å². The number of hydrogen-bond acceptors (Lipinski definition) is 8. The van der Waals surface area contributed by atoms with E-state index in [1.54, 1.807) is 7.11 Å². The van der Waals surface area contributed by atoms with Crippen molar-refractivity contribution < 1.29 is 39.1 Å². The van der Waals surface area contributed by atoms with Gasteiger partial charge in [0, 0.05) is 18.2 Å². The van der Waals surface area contributed by atoms with Crippen molar-refractivity contribution in [2.75, 3.05) is 13.7 Å². The van der Waals surface area contributed by atoms with E-state index in [-0.39, 0.29) is 24.6 Å². The number of aliphatic hydroxyl groups is 3. The minimum absolute atomic E-state index is 0.154. The highest BCUT2D eigenvalue weighted by Crippen LogP contribution is 2.40. The number of Topliss-reactive ketones (excluding diaryl/α,β-unsaturated/α-hetero) is 2. The number of unbranched alkanes of at least 4 members (excludes halogenated alkanes) is 21. The Balaban J connectivity index is 1.11. The van der Waals surface area contributed by atoms with Crippen molar-refractivity contribution in [1.82, 2.24) is 0 Å². The molecule has 8 heteroatoms. The molecule has 0 spiro atoms. The maximum absolute atomic E-state index is 12.8. The van der Waals surface area contributed by atoms with Gasteiger partial charge in [0.25, 0.3) is 0 Å². The summed E-state index contributed by atoms with van der Waals surface area (Å²) in [7, 11) is 1.63. The number of methoxy groups -OCH3 is 1. The van der Waals surface area contributed by atoms with E-state index in [0.717, 1.165) is 64.1 Å². The summed E-state index contributed by atoms with van der Waals surface area (Å²) in [5.41, 5.74) is 2.07. The SMILES string of the molecule is CCCCCCCCCCCCCCCCCCCCCCCC(=O)C(=O)CCCCc1c2ccc(OC)cc2c(C)c2c(OC3OCC(O)C(O)C3O)cccc12. The molecule has 1 aliphatic heterocycles. The Bertz CT molecular complexity index is 1650. The lowest BCUT2D eigenvalue weighted by Crippen LogP contribution is -2.54. The van der Waals surface area contributed by atoms with Gasteiger partial charge in [-0.25, -0.2) is 0 Å². The Kier molecular flexibility index (Phi) is 22.1. The number of hydrogen-bond donors (Lipinski definition) is 3. The fourth-order valence-corrected chi connectivity index (χ4v) is 8.63. The fourth-order valence-electron chi connectivity index (χ4n) is 8.63. The monoisotopic (exact) mass is 805 g/mol. The van der Waals surface area contributed by atoms with Crippen LogP contribution in [0, 0.1) is 6.92 Å². The first-order valence-corrected chi connectivity index (χ1v) is 23.2. The Hall–Kier alpha value is -3.04. The highest BCUT2D eigenvalue weighted by Gasteiger charge is 2.39. The van der Waals surface area contributed by atoms with Crippen molar-refractivity contribution in [3.63, 3.8) is 0 Å². The first-order chi connectivity index (χ1) is 28.3. The van der Waals surface area contributed by atoms with Gasteiger partial charge in [-0.15, -0.1) is 0 Å². The van der Waals surface area contributed by atoms with Crippen LogP contribution in [0.3, 0.4) is 0 Å². The minimum atomic E-state index is -1.42. The molecule has 1 aliphatic rings. The van der Waals surface area contributed by atoms with Crippen molar-refractivity contribution in [1.29, 1.82) is 0 Å². The average molecular weight is 805 g/mol. The predicted octanol–water partition coefficient (Wildman–Crippen LogP) is 11.6. The summed E-state index contributed by atoms with van der Waals surface area (Å²) in [6.45, 7) is 4.15. The van der Waals surface area contributed by atoms with Gasteiger partial charge in [-0.2, -0.15) is 0 Å². The highest BCUT2D eigenvalue weighted by molar-refractivity contribution is 6.37. The van der Waals surface area contributed by atoms with E-state index < -0.39 is 24.6 Å². The number of benzene rings is 3. The van der Waals surface area contributed by atoms with E-state index in [1.807, 2.05) is 37.3 Å². The second-order valence-electron chi connectivity index (χ2n) is 16.9. The van der Waals surface area contributed by atoms with E-state index in [2.05, 4.69) is 13.0 Å². The van der Waals surface area contributed by atoms with Gasteiger partial charge in [0.1, 0.15) is 29.8 Å². The summed E-state index contributed by atoms with van der Waals surface area (Å²) < 4.78 is 17.3.